The zero-order chi connectivity index (χ0) is 10.6. The van der Waals surface area contributed by atoms with Crippen LogP contribution in [0.3, 0.4) is 0 Å². The van der Waals surface area contributed by atoms with Crippen molar-refractivity contribution in [3.05, 3.63) is 0 Å². The van der Waals surface area contributed by atoms with Gasteiger partial charge in [-0.25, -0.2) is 4.72 Å². The summed E-state index contributed by atoms with van der Waals surface area (Å²) in [5.74, 6) is 0. The van der Waals surface area contributed by atoms with E-state index in [9.17, 15) is 8.42 Å². The summed E-state index contributed by atoms with van der Waals surface area (Å²) in [5, 5.41) is 0. The van der Waals surface area contributed by atoms with Gasteiger partial charge in [0.2, 0.25) is 0 Å². The van der Waals surface area contributed by atoms with Crippen molar-refractivity contribution in [3.63, 3.8) is 0 Å². The van der Waals surface area contributed by atoms with Gasteiger partial charge in [-0.15, -0.1) is 0 Å². The number of nitrogens with two attached hydrogens (primary N) is 1. The molecule has 0 radical (unpaired) electrons. The average Bonchev–Trinajstić information content (AvgIpc) is 2.63. The van der Waals surface area contributed by atoms with Crippen LogP contribution in [-0.4, -0.2) is 38.4 Å². The molecule has 0 aromatic carbocycles. The predicted molar refractivity (Wildman–Crippen MR) is 56.0 cm³/mol. The van der Waals surface area contributed by atoms with Gasteiger partial charge in [0.15, 0.2) is 0 Å². The molecule has 14 heavy (non-hydrogen) atoms. The Morgan fingerprint density at radius 2 is 2.29 bits per heavy atom. The minimum absolute atomic E-state index is 0.00986. The Bertz CT molecular complexity index is 266. The Morgan fingerprint density at radius 1 is 1.57 bits per heavy atom. The summed E-state index contributed by atoms with van der Waals surface area (Å²) < 4.78 is 27.5. The van der Waals surface area contributed by atoms with Crippen LogP contribution in [0.4, 0.5) is 0 Å². The summed E-state index contributed by atoms with van der Waals surface area (Å²) in [7, 11) is -3.28. The molecule has 1 aliphatic rings. The van der Waals surface area contributed by atoms with Crippen molar-refractivity contribution in [2.45, 2.75) is 32.2 Å². The second kappa shape index (κ2) is 5.06. The molecular weight excluding hydrogens is 202 g/mol. The van der Waals surface area contributed by atoms with Crippen LogP contribution in [-0.2, 0) is 10.2 Å². The molecule has 3 N–H and O–H groups in total. The Morgan fingerprint density at radius 3 is 2.86 bits per heavy atom. The lowest BCUT2D eigenvalue weighted by molar-refractivity contribution is 0.386. The third kappa shape index (κ3) is 2.66. The minimum atomic E-state index is -3.28. The molecule has 1 atom stereocenters. The number of hydrogen-bond acceptors (Lipinski definition) is 3. The van der Waals surface area contributed by atoms with E-state index in [4.69, 9.17) is 5.73 Å². The van der Waals surface area contributed by atoms with Gasteiger partial charge in [0.25, 0.3) is 10.2 Å². The van der Waals surface area contributed by atoms with Gasteiger partial charge >= 0.3 is 0 Å². The maximum atomic E-state index is 11.7. The molecule has 1 aliphatic heterocycles. The van der Waals surface area contributed by atoms with E-state index in [2.05, 4.69) is 4.72 Å². The normalized spacial score (nSPS) is 24.3. The summed E-state index contributed by atoms with van der Waals surface area (Å²) in [5.41, 5.74) is 5.52. The quantitative estimate of drug-likeness (QED) is 0.666. The Hall–Kier alpha value is -0.170. The zero-order valence-electron chi connectivity index (χ0n) is 8.57. The fourth-order valence-corrected chi connectivity index (χ4v) is 3.26. The van der Waals surface area contributed by atoms with Crippen LogP contribution < -0.4 is 10.5 Å². The summed E-state index contributed by atoms with van der Waals surface area (Å²) in [6.07, 6.45) is 2.60. The molecule has 0 aromatic heterocycles. The van der Waals surface area contributed by atoms with E-state index in [1.165, 1.54) is 4.31 Å². The smallest absolute Gasteiger partial charge is 0.279 e. The Kier molecular flexibility index (Phi) is 4.31. The van der Waals surface area contributed by atoms with E-state index in [1.807, 2.05) is 6.92 Å². The highest BCUT2D eigenvalue weighted by molar-refractivity contribution is 7.87. The lowest BCUT2D eigenvalue weighted by Crippen LogP contribution is -2.46. The highest BCUT2D eigenvalue weighted by Crippen LogP contribution is 2.18. The van der Waals surface area contributed by atoms with Crippen LogP contribution in [0.25, 0.3) is 0 Å². The largest absolute Gasteiger partial charge is 0.329 e. The van der Waals surface area contributed by atoms with E-state index in [-0.39, 0.29) is 6.04 Å². The standard InChI is InChI=1S/C8H19N3O2S/c1-2-5-10-14(12,13)11-6-3-4-8(11)7-9/h8,10H,2-7,9H2,1H3. The van der Waals surface area contributed by atoms with Gasteiger partial charge in [0.1, 0.15) is 0 Å². The lowest BCUT2D eigenvalue weighted by atomic mass is 10.2. The van der Waals surface area contributed by atoms with Crippen molar-refractivity contribution in [2.75, 3.05) is 19.6 Å². The van der Waals surface area contributed by atoms with Gasteiger partial charge in [-0.1, -0.05) is 6.92 Å². The van der Waals surface area contributed by atoms with Gasteiger partial charge in [-0.05, 0) is 19.3 Å². The topological polar surface area (TPSA) is 75.4 Å². The summed E-state index contributed by atoms with van der Waals surface area (Å²) in [4.78, 5) is 0. The summed E-state index contributed by atoms with van der Waals surface area (Å²) in [6, 6.07) is -0.00986. The predicted octanol–water partition coefficient (Wildman–Crippen LogP) is -0.346. The van der Waals surface area contributed by atoms with Gasteiger partial charge in [0, 0.05) is 25.7 Å². The van der Waals surface area contributed by atoms with Crippen LogP contribution in [0.15, 0.2) is 0 Å². The van der Waals surface area contributed by atoms with Crippen LogP contribution >= 0.6 is 0 Å². The molecule has 84 valence electrons. The molecule has 0 aliphatic carbocycles. The maximum absolute atomic E-state index is 11.7. The van der Waals surface area contributed by atoms with Crippen molar-refractivity contribution in [1.29, 1.82) is 0 Å². The zero-order valence-corrected chi connectivity index (χ0v) is 9.39. The molecular formula is C8H19N3O2S. The van der Waals surface area contributed by atoms with Crippen LogP contribution in [0.2, 0.25) is 0 Å². The maximum Gasteiger partial charge on any atom is 0.279 e. The van der Waals surface area contributed by atoms with E-state index in [0.29, 0.717) is 19.6 Å². The molecule has 1 saturated heterocycles. The number of hydrogen-bond donors (Lipinski definition) is 2. The first-order chi connectivity index (χ1) is 6.61. The van der Waals surface area contributed by atoms with Crippen LogP contribution in [0.1, 0.15) is 26.2 Å². The number of rotatable bonds is 5. The lowest BCUT2D eigenvalue weighted by Gasteiger charge is -2.22. The van der Waals surface area contributed by atoms with E-state index < -0.39 is 10.2 Å². The first-order valence-electron chi connectivity index (χ1n) is 5.08. The molecule has 0 bridgehead atoms. The molecule has 6 heteroatoms. The molecule has 1 heterocycles. The third-order valence-corrected chi connectivity index (χ3v) is 4.11. The molecule has 1 rings (SSSR count). The number of nitrogens with one attached hydrogen (secondary N) is 1. The third-order valence-electron chi connectivity index (χ3n) is 2.44. The highest BCUT2D eigenvalue weighted by atomic mass is 32.2. The van der Waals surface area contributed by atoms with Crippen molar-refractivity contribution >= 4 is 10.2 Å². The first-order valence-corrected chi connectivity index (χ1v) is 6.52. The van der Waals surface area contributed by atoms with Crippen molar-refractivity contribution in [1.82, 2.24) is 9.03 Å². The van der Waals surface area contributed by atoms with Crippen LogP contribution in [0.5, 0.6) is 0 Å². The fourth-order valence-electron chi connectivity index (χ4n) is 1.68. The SMILES string of the molecule is CCCNS(=O)(=O)N1CCCC1CN. The monoisotopic (exact) mass is 221 g/mol. The fraction of sp³-hybridized carbons (Fsp3) is 1.00. The molecule has 0 saturated carbocycles. The van der Waals surface area contributed by atoms with E-state index in [1.54, 1.807) is 0 Å². The Labute approximate surface area is 85.8 Å². The van der Waals surface area contributed by atoms with Crippen molar-refractivity contribution in [2.24, 2.45) is 5.73 Å². The molecule has 5 nitrogen and oxygen atoms in total. The molecule has 1 fully saturated rings. The second-order valence-corrected chi connectivity index (χ2v) is 5.25. The number of nitrogens with zero attached hydrogens (tertiary/aromatic N) is 1. The van der Waals surface area contributed by atoms with Gasteiger partial charge in [-0.2, -0.15) is 12.7 Å². The van der Waals surface area contributed by atoms with Gasteiger partial charge in [0.05, 0.1) is 0 Å². The van der Waals surface area contributed by atoms with Gasteiger partial charge < -0.3 is 5.73 Å². The van der Waals surface area contributed by atoms with E-state index >= 15 is 0 Å². The molecule has 0 aromatic rings. The summed E-state index contributed by atoms with van der Waals surface area (Å²) >= 11 is 0. The van der Waals surface area contributed by atoms with Crippen molar-refractivity contribution in [3.8, 4) is 0 Å². The molecule has 1 unspecified atom stereocenters. The molecule has 0 spiro atoms. The van der Waals surface area contributed by atoms with Crippen molar-refractivity contribution < 1.29 is 8.42 Å². The molecule has 0 amide bonds. The average molecular weight is 221 g/mol. The minimum Gasteiger partial charge on any atom is -0.329 e. The Balaban J connectivity index is 2.61. The second-order valence-electron chi connectivity index (χ2n) is 3.54. The highest BCUT2D eigenvalue weighted by Gasteiger charge is 2.32. The van der Waals surface area contributed by atoms with Gasteiger partial charge in [-0.3, -0.25) is 0 Å². The summed E-state index contributed by atoms with van der Waals surface area (Å²) in [6.45, 7) is 3.44. The van der Waals surface area contributed by atoms with Crippen LogP contribution in [0, 0.1) is 0 Å². The first kappa shape index (κ1) is 11.9. The van der Waals surface area contributed by atoms with E-state index in [0.717, 1.165) is 19.3 Å².